The van der Waals surface area contributed by atoms with Crippen LogP contribution in [-0.2, 0) is 0 Å². The molecular weight excluding hydrogens is 366 g/mol. The number of para-hydroxylation sites is 2. The van der Waals surface area contributed by atoms with Gasteiger partial charge in [-0.1, -0.05) is 53.5 Å². The number of carbonyl (C=O) groups excluding carboxylic acids is 1. The van der Waals surface area contributed by atoms with Crippen LogP contribution < -0.4 is 5.32 Å². The predicted molar refractivity (Wildman–Crippen MR) is 99.9 cm³/mol. The molecule has 122 valence electrons. The van der Waals surface area contributed by atoms with E-state index in [0.29, 0.717) is 17.9 Å². The molecule has 0 atom stereocenters. The number of nitrogens with one attached hydrogen (secondary N) is 1. The molecule has 2 aromatic carbocycles. The molecule has 0 aliphatic carbocycles. The fourth-order valence-electron chi connectivity index (χ4n) is 2.46. The molecule has 0 bridgehead atoms. The van der Waals surface area contributed by atoms with Gasteiger partial charge in [0, 0.05) is 16.6 Å². The second-order valence-electron chi connectivity index (χ2n) is 5.53. The highest BCUT2D eigenvalue weighted by Gasteiger charge is 2.17. The summed E-state index contributed by atoms with van der Waals surface area (Å²) in [4.78, 5) is 21.9. The molecule has 0 fully saturated rings. The topological polar surface area (TPSA) is 54.9 Å². The van der Waals surface area contributed by atoms with Gasteiger partial charge in [-0.15, -0.1) is 0 Å². The number of nitrogens with zero attached hydrogens (tertiary/aromatic N) is 2. The quantitative estimate of drug-likeness (QED) is 0.655. The summed E-state index contributed by atoms with van der Waals surface area (Å²) in [5.74, 6) is -0.184. The van der Waals surface area contributed by atoms with Crippen molar-refractivity contribution >= 4 is 32.9 Å². The van der Waals surface area contributed by atoms with Gasteiger partial charge in [0.2, 0.25) is 0 Å². The van der Waals surface area contributed by atoms with Gasteiger partial charge in [-0.05, 0) is 30.7 Å². The maximum Gasteiger partial charge on any atom is 0.272 e. The number of hydrogen-bond acceptors (Lipinski definition) is 3. The fourth-order valence-corrected chi connectivity index (χ4v) is 2.86. The zero-order chi connectivity index (χ0) is 16.9. The van der Waals surface area contributed by atoms with Crippen molar-refractivity contribution in [3.63, 3.8) is 0 Å². The van der Waals surface area contributed by atoms with Gasteiger partial charge in [-0.2, -0.15) is 0 Å². The Morgan fingerprint density at radius 3 is 2.54 bits per heavy atom. The maximum absolute atomic E-state index is 12.6. The third-order valence-corrected chi connectivity index (χ3v) is 4.19. The van der Waals surface area contributed by atoms with E-state index in [2.05, 4.69) is 33.2 Å². The van der Waals surface area contributed by atoms with Crippen molar-refractivity contribution in [1.29, 1.82) is 0 Å². The van der Waals surface area contributed by atoms with Gasteiger partial charge < -0.3 is 5.32 Å². The van der Waals surface area contributed by atoms with Crippen LogP contribution in [0.4, 0.5) is 0 Å². The summed E-state index contributed by atoms with van der Waals surface area (Å²) in [5.41, 5.74) is 3.32. The smallest absolute Gasteiger partial charge is 0.272 e. The van der Waals surface area contributed by atoms with E-state index in [1.165, 1.54) is 0 Å². The number of halogens is 1. The zero-order valence-electron chi connectivity index (χ0n) is 13.4. The number of hydrogen-bond donors (Lipinski definition) is 1. The van der Waals surface area contributed by atoms with Crippen LogP contribution >= 0.6 is 15.9 Å². The van der Waals surface area contributed by atoms with Crippen LogP contribution in [0.3, 0.4) is 0 Å². The Morgan fingerprint density at radius 1 is 1.08 bits per heavy atom. The van der Waals surface area contributed by atoms with Crippen LogP contribution in [-0.4, -0.2) is 22.4 Å². The monoisotopic (exact) mass is 383 g/mol. The average Bonchev–Trinajstić information content (AvgIpc) is 2.60. The van der Waals surface area contributed by atoms with Gasteiger partial charge in [0.25, 0.3) is 5.91 Å². The second-order valence-corrected chi connectivity index (χ2v) is 6.45. The maximum atomic E-state index is 12.6. The van der Waals surface area contributed by atoms with Gasteiger partial charge in [0.15, 0.2) is 5.69 Å². The molecule has 1 N–H and O–H groups in total. The van der Waals surface area contributed by atoms with Crippen LogP contribution in [0, 0.1) is 0 Å². The average molecular weight is 384 g/mol. The molecule has 0 spiro atoms. The number of aromatic nitrogens is 2. The van der Waals surface area contributed by atoms with Crippen molar-refractivity contribution in [1.82, 2.24) is 15.3 Å². The third kappa shape index (κ3) is 3.62. The summed E-state index contributed by atoms with van der Waals surface area (Å²) >= 11 is 3.47. The Hall–Kier alpha value is -2.27. The van der Waals surface area contributed by atoms with Crippen molar-refractivity contribution in [2.45, 2.75) is 19.8 Å². The molecule has 3 rings (SSSR count). The number of rotatable bonds is 5. The third-order valence-electron chi connectivity index (χ3n) is 3.70. The molecule has 0 aliphatic rings. The minimum absolute atomic E-state index is 0.184. The summed E-state index contributed by atoms with van der Waals surface area (Å²) < 4.78 is 0.937. The highest BCUT2D eigenvalue weighted by Crippen LogP contribution is 2.26. The Balaban J connectivity index is 2.10. The van der Waals surface area contributed by atoms with Gasteiger partial charge >= 0.3 is 0 Å². The normalized spacial score (nSPS) is 10.8. The van der Waals surface area contributed by atoms with E-state index < -0.39 is 0 Å². The molecule has 0 saturated carbocycles. The first kappa shape index (κ1) is 16.6. The number of benzene rings is 2. The Kier molecular flexibility index (Phi) is 5.20. The van der Waals surface area contributed by atoms with Crippen LogP contribution in [0.5, 0.6) is 0 Å². The molecule has 0 unspecified atom stereocenters. The summed E-state index contributed by atoms with van der Waals surface area (Å²) in [6.07, 6.45) is 1.97. The Morgan fingerprint density at radius 2 is 1.83 bits per heavy atom. The predicted octanol–water partition coefficient (Wildman–Crippen LogP) is 4.59. The lowest BCUT2D eigenvalue weighted by Gasteiger charge is -2.11. The lowest BCUT2D eigenvalue weighted by molar-refractivity contribution is 0.0949. The molecule has 0 saturated heterocycles. The van der Waals surface area contributed by atoms with Crippen molar-refractivity contribution in [3.8, 4) is 11.3 Å². The summed E-state index contributed by atoms with van der Waals surface area (Å²) in [6, 6.07) is 15.3. The van der Waals surface area contributed by atoms with E-state index in [-0.39, 0.29) is 5.91 Å². The summed E-state index contributed by atoms with van der Waals surface area (Å²) in [5, 5.41) is 2.94. The molecule has 1 heterocycles. The molecule has 5 heteroatoms. The molecule has 3 aromatic rings. The van der Waals surface area contributed by atoms with Crippen LogP contribution in [0.1, 0.15) is 30.3 Å². The lowest BCUT2D eigenvalue weighted by Crippen LogP contribution is -2.26. The molecule has 24 heavy (non-hydrogen) atoms. The Bertz CT molecular complexity index is 879. The Labute approximate surface area is 149 Å². The number of carbonyl (C=O) groups is 1. The van der Waals surface area contributed by atoms with E-state index in [1.54, 1.807) is 0 Å². The van der Waals surface area contributed by atoms with E-state index in [9.17, 15) is 4.79 Å². The first-order valence-corrected chi connectivity index (χ1v) is 8.79. The van der Waals surface area contributed by atoms with E-state index in [0.717, 1.165) is 33.9 Å². The van der Waals surface area contributed by atoms with Crippen LogP contribution in [0.15, 0.2) is 53.0 Å². The summed E-state index contributed by atoms with van der Waals surface area (Å²) in [7, 11) is 0. The number of fused-ring (bicyclic) bond motifs is 1. The fraction of sp³-hybridized carbons (Fsp3) is 0.211. The first-order valence-electron chi connectivity index (χ1n) is 8.00. The van der Waals surface area contributed by atoms with Crippen molar-refractivity contribution in [2.24, 2.45) is 0 Å². The number of amides is 1. The van der Waals surface area contributed by atoms with Crippen LogP contribution in [0.2, 0.25) is 0 Å². The molecule has 0 radical (unpaired) electrons. The number of unbranched alkanes of at least 4 members (excludes halogenated alkanes) is 1. The minimum Gasteiger partial charge on any atom is -0.351 e. The molecule has 1 aromatic heterocycles. The standard InChI is InChI=1S/C19H18BrN3O/c1-2-3-11-21-19(24)18-17(13-7-6-8-14(20)12-13)22-15-9-4-5-10-16(15)23-18/h4-10,12H,2-3,11H2,1H3,(H,21,24). The first-order chi connectivity index (χ1) is 11.7. The van der Waals surface area contributed by atoms with Crippen molar-refractivity contribution in [2.75, 3.05) is 6.54 Å². The summed E-state index contributed by atoms with van der Waals surface area (Å²) in [6.45, 7) is 2.73. The van der Waals surface area contributed by atoms with Gasteiger partial charge in [0.1, 0.15) is 5.69 Å². The second kappa shape index (κ2) is 7.53. The lowest BCUT2D eigenvalue weighted by atomic mass is 10.1. The van der Waals surface area contributed by atoms with Crippen molar-refractivity contribution < 1.29 is 4.79 Å². The minimum atomic E-state index is -0.184. The van der Waals surface area contributed by atoms with Gasteiger partial charge in [-0.3, -0.25) is 4.79 Å². The van der Waals surface area contributed by atoms with E-state index in [1.807, 2.05) is 48.5 Å². The van der Waals surface area contributed by atoms with Gasteiger partial charge in [0.05, 0.1) is 11.0 Å². The van der Waals surface area contributed by atoms with E-state index in [4.69, 9.17) is 4.98 Å². The highest BCUT2D eigenvalue weighted by atomic mass is 79.9. The SMILES string of the molecule is CCCCNC(=O)c1nc2ccccc2nc1-c1cccc(Br)c1. The molecule has 1 amide bonds. The molecule has 4 nitrogen and oxygen atoms in total. The zero-order valence-corrected chi connectivity index (χ0v) is 15.0. The largest absolute Gasteiger partial charge is 0.351 e. The molecular formula is C19H18BrN3O. The van der Waals surface area contributed by atoms with E-state index >= 15 is 0 Å². The van der Waals surface area contributed by atoms with Crippen molar-refractivity contribution in [3.05, 3.63) is 58.7 Å². The van der Waals surface area contributed by atoms with Crippen LogP contribution in [0.25, 0.3) is 22.3 Å². The molecule has 0 aliphatic heterocycles. The highest BCUT2D eigenvalue weighted by molar-refractivity contribution is 9.10. The van der Waals surface area contributed by atoms with Gasteiger partial charge in [-0.25, -0.2) is 9.97 Å².